The summed E-state index contributed by atoms with van der Waals surface area (Å²) < 4.78 is 3.54. The highest BCUT2D eigenvalue weighted by Crippen LogP contribution is 2.27. The third-order valence-corrected chi connectivity index (χ3v) is 3.51. The first-order valence-electron chi connectivity index (χ1n) is 5.02. The molecule has 0 spiro atoms. The Morgan fingerprint density at radius 1 is 1.40 bits per heavy atom. The maximum atomic E-state index is 2.36. The predicted molar refractivity (Wildman–Crippen MR) is 78.0 cm³/mol. The van der Waals surface area contributed by atoms with E-state index < -0.39 is 0 Å². The fourth-order valence-corrected chi connectivity index (χ4v) is 2.42. The second-order valence-corrected chi connectivity index (χ2v) is 4.97. The zero-order chi connectivity index (χ0) is 11.0. The van der Waals surface area contributed by atoms with Gasteiger partial charge in [0.25, 0.3) is 0 Å². The second kappa shape index (κ2) is 4.04. The lowest BCUT2D eigenvalue weighted by Gasteiger charge is -1.98. The fraction of sp³-hybridized carbons (Fsp3) is 0.167. The van der Waals surface area contributed by atoms with Gasteiger partial charge < -0.3 is 4.48 Å². The Labute approximate surface area is 105 Å². The van der Waals surface area contributed by atoms with Gasteiger partial charge in [-0.05, 0) is 48.6 Å². The van der Waals surface area contributed by atoms with E-state index in [0.717, 1.165) is 0 Å². The van der Waals surface area contributed by atoms with Crippen LogP contribution in [0, 0.1) is 10.5 Å². The molecule has 0 saturated carbocycles. The largest absolute Gasteiger partial charge is 0.396 e. The molecule has 0 atom stereocenters. The fourth-order valence-electron chi connectivity index (χ4n) is 1.94. The second-order valence-electron chi connectivity index (χ2n) is 3.72. The Hall–Kier alpha value is -0.705. The standard InChI is InChI=1S/C12H13BIN/c1-3-4-10-8(2)15(13)12-7-9(14)5-6-11(10)12/h3-7H,13H2,1-2H3/b4-3-. The number of allylic oxidation sites excluding steroid dienone is 1. The normalized spacial score (nSPS) is 11.7. The van der Waals surface area contributed by atoms with Gasteiger partial charge in [-0.2, -0.15) is 0 Å². The van der Waals surface area contributed by atoms with Crippen molar-refractivity contribution in [1.29, 1.82) is 0 Å². The van der Waals surface area contributed by atoms with E-state index in [0.29, 0.717) is 0 Å². The van der Waals surface area contributed by atoms with Crippen molar-refractivity contribution in [1.82, 2.24) is 4.48 Å². The van der Waals surface area contributed by atoms with Crippen molar-refractivity contribution < 1.29 is 0 Å². The van der Waals surface area contributed by atoms with E-state index in [-0.39, 0.29) is 0 Å². The van der Waals surface area contributed by atoms with E-state index in [4.69, 9.17) is 0 Å². The molecule has 2 aromatic rings. The number of hydrogen-bond donors (Lipinski definition) is 0. The topological polar surface area (TPSA) is 4.93 Å². The number of benzene rings is 1. The van der Waals surface area contributed by atoms with Crippen LogP contribution in [0.25, 0.3) is 17.0 Å². The molecule has 2 rings (SSSR count). The molecule has 0 bridgehead atoms. The lowest BCUT2D eigenvalue weighted by molar-refractivity contribution is 1.19. The van der Waals surface area contributed by atoms with E-state index in [1.807, 2.05) is 0 Å². The van der Waals surface area contributed by atoms with Crippen molar-refractivity contribution >= 4 is 47.6 Å². The van der Waals surface area contributed by atoms with Gasteiger partial charge in [0.05, 0.1) is 0 Å². The summed E-state index contributed by atoms with van der Waals surface area (Å²) in [5, 5.41) is 1.34. The number of hydrogen-bond acceptors (Lipinski definition) is 0. The molecule has 0 aliphatic heterocycles. The summed E-state index contributed by atoms with van der Waals surface area (Å²) in [5.74, 6) is 0. The van der Waals surface area contributed by atoms with Crippen LogP contribution in [0.15, 0.2) is 24.3 Å². The number of nitrogens with zero attached hydrogens (tertiary/aromatic N) is 1. The number of rotatable bonds is 1. The van der Waals surface area contributed by atoms with Crippen LogP contribution in [0.1, 0.15) is 18.2 Å². The summed E-state index contributed by atoms with van der Waals surface area (Å²) in [6, 6.07) is 6.60. The quantitative estimate of drug-likeness (QED) is 0.564. The van der Waals surface area contributed by atoms with Gasteiger partial charge in [0.15, 0.2) is 0 Å². The Bertz CT molecular complexity index is 540. The van der Waals surface area contributed by atoms with Gasteiger partial charge in [0.1, 0.15) is 0 Å². The van der Waals surface area contributed by atoms with Crippen LogP contribution in [-0.4, -0.2) is 12.5 Å². The van der Waals surface area contributed by atoms with Crippen LogP contribution in [0.3, 0.4) is 0 Å². The predicted octanol–water partition coefficient (Wildman–Crippen LogP) is 2.98. The van der Waals surface area contributed by atoms with Gasteiger partial charge in [-0.3, -0.25) is 0 Å². The van der Waals surface area contributed by atoms with Crippen molar-refractivity contribution in [2.24, 2.45) is 0 Å². The minimum absolute atomic E-state index is 1.28. The van der Waals surface area contributed by atoms with Gasteiger partial charge in [-0.25, -0.2) is 0 Å². The van der Waals surface area contributed by atoms with Crippen LogP contribution < -0.4 is 0 Å². The number of fused-ring (bicyclic) bond motifs is 1. The Kier molecular flexibility index (Phi) is 2.91. The van der Waals surface area contributed by atoms with E-state index >= 15 is 0 Å². The van der Waals surface area contributed by atoms with E-state index in [2.05, 4.69) is 79.2 Å². The highest BCUT2D eigenvalue weighted by Gasteiger charge is 2.08. The van der Waals surface area contributed by atoms with Crippen LogP contribution in [-0.2, 0) is 0 Å². The molecule has 1 heterocycles. The summed E-state index contributed by atoms with van der Waals surface area (Å²) in [6.07, 6.45) is 4.28. The molecular weight excluding hydrogens is 296 g/mol. The summed E-state index contributed by atoms with van der Waals surface area (Å²) >= 11 is 2.36. The van der Waals surface area contributed by atoms with E-state index in [9.17, 15) is 0 Å². The molecular formula is C12H13BIN. The Morgan fingerprint density at radius 2 is 2.13 bits per heavy atom. The summed E-state index contributed by atoms with van der Waals surface area (Å²) in [7, 11) is 2.13. The molecule has 0 unspecified atom stereocenters. The molecule has 3 heteroatoms. The van der Waals surface area contributed by atoms with Gasteiger partial charge in [-0.1, -0.05) is 18.2 Å². The molecule has 15 heavy (non-hydrogen) atoms. The molecule has 0 aliphatic rings. The summed E-state index contributed by atoms with van der Waals surface area (Å²) in [4.78, 5) is 0. The number of aromatic nitrogens is 1. The SMILES string of the molecule is Bn1c(C)c(/C=C\C)c2ccc(I)cc21. The molecule has 0 aliphatic carbocycles. The van der Waals surface area contributed by atoms with Crippen molar-refractivity contribution in [3.05, 3.63) is 39.1 Å². The molecule has 1 nitrogen and oxygen atoms in total. The molecule has 0 fully saturated rings. The van der Waals surface area contributed by atoms with E-state index in [1.165, 1.54) is 25.7 Å². The summed E-state index contributed by atoms with van der Waals surface area (Å²) in [5.41, 5.74) is 3.98. The van der Waals surface area contributed by atoms with Crippen molar-refractivity contribution in [2.45, 2.75) is 13.8 Å². The van der Waals surface area contributed by atoms with Crippen molar-refractivity contribution in [3.8, 4) is 0 Å². The Balaban J connectivity index is 2.87. The Morgan fingerprint density at radius 3 is 2.80 bits per heavy atom. The van der Waals surface area contributed by atoms with E-state index in [1.54, 1.807) is 0 Å². The molecule has 1 aromatic heterocycles. The summed E-state index contributed by atoms with van der Waals surface area (Å²) in [6.45, 7) is 4.23. The first-order chi connectivity index (χ1) is 7.15. The smallest absolute Gasteiger partial charge is 0.223 e. The molecule has 0 amide bonds. The van der Waals surface area contributed by atoms with Gasteiger partial charge >= 0.3 is 0 Å². The molecule has 76 valence electrons. The van der Waals surface area contributed by atoms with Crippen molar-refractivity contribution in [3.63, 3.8) is 0 Å². The van der Waals surface area contributed by atoms with Crippen LogP contribution in [0.4, 0.5) is 0 Å². The van der Waals surface area contributed by atoms with Crippen LogP contribution in [0.5, 0.6) is 0 Å². The highest BCUT2D eigenvalue weighted by molar-refractivity contribution is 14.1. The zero-order valence-electron chi connectivity index (χ0n) is 9.21. The minimum atomic E-state index is 1.28. The maximum absolute atomic E-state index is 2.36. The minimum Gasteiger partial charge on any atom is -0.396 e. The van der Waals surface area contributed by atoms with Crippen LogP contribution in [0.2, 0.25) is 0 Å². The average Bonchev–Trinajstić information content (AvgIpc) is 2.44. The average molecular weight is 309 g/mol. The third-order valence-electron chi connectivity index (χ3n) is 2.84. The first kappa shape index (κ1) is 10.8. The highest BCUT2D eigenvalue weighted by atomic mass is 127. The molecule has 0 saturated heterocycles. The number of halogens is 1. The maximum Gasteiger partial charge on any atom is 0.223 e. The zero-order valence-corrected chi connectivity index (χ0v) is 11.4. The van der Waals surface area contributed by atoms with Crippen LogP contribution >= 0.6 is 22.6 Å². The lowest BCUT2D eigenvalue weighted by atomic mass is 10.1. The monoisotopic (exact) mass is 309 g/mol. The van der Waals surface area contributed by atoms with Gasteiger partial charge in [0, 0.05) is 25.7 Å². The third kappa shape index (κ3) is 1.73. The van der Waals surface area contributed by atoms with Gasteiger partial charge in [0.2, 0.25) is 7.98 Å². The first-order valence-corrected chi connectivity index (χ1v) is 6.10. The van der Waals surface area contributed by atoms with Gasteiger partial charge in [-0.15, -0.1) is 0 Å². The molecule has 0 N–H and O–H groups in total. The molecule has 1 aromatic carbocycles. The van der Waals surface area contributed by atoms with Crippen molar-refractivity contribution in [2.75, 3.05) is 0 Å². The molecule has 0 radical (unpaired) electrons. The lowest BCUT2D eigenvalue weighted by Crippen LogP contribution is -1.93.